The third-order valence-electron chi connectivity index (χ3n) is 3.43. The molecular formula is C19H19N3O5. The molecule has 0 aliphatic carbocycles. The quantitative estimate of drug-likeness (QED) is 0.567. The Morgan fingerprint density at radius 3 is 2.44 bits per heavy atom. The number of nitrogens with one attached hydrogen (secondary N) is 1. The minimum absolute atomic E-state index is 0.280. The Morgan fingerprint density at radius 1 is 1.15 bits per heavy atom. The molecule has 140 valence electrons. The number of nitriles is 1. The molecule has 27 heavy (non-hydrogen) atoms. The topological polar surface area (TPSA) is 102 Å². The molecular weight excluding hydrogens is 350 g/mol. The van der Waals surface area contributed by atoms with Crippen molar-refractivity contribution in [2.45, 2.75) is 0 Å². The average Bonchev–Trinajstić information content (AvgIpc) is 2.70. The van der Waals surface area contributed by atoms with Gasteiger partial charge in [0.25, 0.3) is 5.91 Å². The van der Waals surface area contributed by atoms with Crippen LogP contribution in [0.3, 0.4) is 0 Å². The average molecular weight is 369 g/mol. The van der Waals surface area contributed by atoms with Crippen molar-refractivity contribution in [1.29, 1.82) is 5.26 Å². The second kappa shape index (κ2) is 9.68. The summed E-state index contributed by atoms with van der Waals surface area (Å²) >= 11 is 0. The molecule has 0 aliphatic rings. The molecule has 1 N–H and O–H groups in total. The fraction of sp³-hybridized carbons (Fsp3) is 0.211. The molecule has 0 atom stereocenters. The second-order valence-electron chi connectivity index (χ2n) is 5.21. The molecule has 8 heteroatoms. The van der Waals surface area contributed by atoms with Crippen LogP contribution in [0, 0.1) is 11.3 Å². The fourth-order valence-corrected chi connectivity index (χ4v) is 2.23. The maximum Gasteiger partial charge on any atom is 0.265 e. The SMILES string of the molecule is COc1cc(/C=N\OCC(=O)Nc2cccc(C#N)c2)cc(OC)c1OC. The molecule has 0 radical (unpaired) electrons. The van der Waals surface area contributed by atoms with Gasteiger partial charge in [-0.1, -0.05) is 11.2 Å². The lowest BCUT2D eigenvalue weighted by Gasteiger charge is -2.12. The van der Waals surface area contributed by atoms with Gasteiger partial charge in [-0.2, -0.15) is 5.26 Å². The monoisotopic (exact) mass is 369 g/mol. The van der Waals surface area contributed by atoms with Crippen LogP contribution in [-0.4, -0.2) is 40.1 Å². The summed E-state index contributed by atoms with van der Waals surface area (Å²) in [7, 11) is 4.54. The summed E-state index contributed by atoms with van der Waals surface area (Å²) in [6.45, 7) is -0.280. The van der Waals surface area contributed by atoms with E-state index < -0.39 is 5.91 Å². The predicted molar refractivity (Wildman–Crippen MR) is 99.4 cm³/mol. The van der Waals surface area contributed by atoms with Crippen molar-refractivity contribution >= 4 is 17.8 Å². The molecule has 8 nitrogen and oxygen atoms in total. The minimum Gasteiger partial charge on any atom is -0.493 e. The standard InChI is InChI=1S/C19H19N3O5/c1-24-16-8-14(9-17(25-2)19(16)26-3)11-21-27-12-18(23)22-15-6-4-5-13(7-15)10-20/h4-9,11H,12H2,1-3H3,(H,22,23)/b21-11-. The zero-order valence-corrected chi connectivity index (χ0v) is 15.2. The molecule has 0 bridgehead atoms. The Kier molecular flexibility index (Phi) is 7.02. The van der Waals surface area contributed by atoms with Crippen LogP contribution in [0.2, 0.25) is 0 Å². The Hall–Kier alpha value is -3.73. The van der Waals surface area contributed by atoms with E-state index in [0.29, 0.717) is 34.1 Å². The number of hydrogen-bond donors (Lipinski definition) is 1. The number of nitrogens with zero attached hydrogens (tertiary/aromatic N) is 2. The van der Waals surface area contributed by atoms with Gasteiger partial charge >= 0.3 is 0 Å². The number of rotatable bonds is 8. The number of amides is 1. The van der Waals surface area contributed by atoms with E-state index in [9.17, 15) is 4.79 Å². The number of carbonyl (C=O) groups excluding carboxylic acids is 1. The van der Waals surface area contributed by atoms with Gasteiger partial charge in [0, 0.05) is 11.3 Å². The maximum absolute atomic E-state index is 11.9. The zero-order chi connectivity index (χ0) is 19.6. The number of oxime groups is 1. The Morgan fingerprint density at radius 2 is 1.85 bits per heavy atom. The van der Waals surface area contributed by atoms with Crippen molar-refractivity contribution < 1.29 is 23.8 Å². The van der Waals surface area contributed by atoms with Crippen LogP contribution in [0.5, 0.6) is 17.2 Å². The van der Waals surface area contributed by atoms with E-state index in [1.54, 1.807) is 36.4 Å². The molecule has 0 saturated heterocycles. The molecule has 0 spiro atoms. The highest BCUT2D eigenvalue weighted by molar-refractivity contribution is 5.92. The van der Waals surface area contributed by atoms with Crippen LogP contribution in [0.4, 0.5) is 5.69 Å². The van der Waals surface area contributed by atoms with Crippen LogP contribution < -0.4 is 19.5 Å². The number of benzene rings is 2. The van der Waals surface area contributed by atoms with E-state index >= 15 is 0 Å². The van der Waals surface area contributed by atoms with Crippen molar-refractivity contribution in [2.75, 3.05) is 33.3 Å². The van der Waals surface area contributed by atoms with Crippen molar-refractivity contribution in [3.63, 3.8) is 0 Å². The number of carbonyl (C=O) groups is 1. The lowest BCUT2D eigenvalue weighted by Crippen LogP contribution is -2.17. The van der Waals surface area contributed by atoms with E-state index in [-0.39, 0.29) is 6.61 Å². The first-order valence-electron chi connectivity index (χ1n) is 7.86. The number of ether oxygens (including phenoxy) is 3. The van der Waals surface area contributed by atoms with E-state index in [0.717, 1.165) is 0 Å². The molecule has 0 aliphatic heterocycles. The Labute approximate surface area is 156 Å². The predicted octanol–water partition coefficient (Wildman–Crippen LogP) is 2.57. The Balaban J connectivity index is 1.95. The van der Waals surface area contributed by atoms with Crippen LogP contribution >= 0.6 is 0 Å². The molecule has 0 fully saturated rings. The van der Waals surface area contributed by atoms with Crippen LogP contribution in [0.15, 0.2) is 41.6 Å². The van der Waals surface area contributed by atoms with Gasteiger partial charge in [0.2, 0.25) is 5.75 Å². The molecule has 2 aromatic rings. The van der Waals surface area contributed by atoms with E-state index in [4.69, 9.17) is 24.3 Å². The highest BCUT2D eigenvalue weighted by Crippen LogP contribution is 2.37. The highest BCUT2D eigenvalue weighted by atomic mass is 16.6. The van der Waals surface area contributed by atoms with Gasteiger partial charge in [0.1, 0.15) is 0 Å². The van der Waals surface area contributed by atoms with Gasteiger partial charge in [0.05, 0.1) is 39.2 Å². The van der Waals surface area contributed by atoms with Crippen LogP contribution in [0.25, 0.3) is 0 Å². The molecule has 0 aromatic heterocycles. The molecule has 0 unspecified atom stereocenters. The maximum atomic E-state index is 11.9. The summed E-state index contributed by atoms with van der Waals surface area (Å²) in [6.07, 6.45) is 1.42. The zero-order valence-electron chi connectivity index (χ0n) is 15.2. The first-order chi connectivity index (χ1) is 13.1. The molecule has 1 amide bonds. The van der Waals surface area contributed by atoms with Crippen molar-refractivity contribution in [3.05, 3.63) is 47.5 Å². The molecule has 0 heterocycles. The van der Waals surface area contributed by atoms with Crippen LogP contribution in [-0.2, 0) is 9.63 Å². The largest absolute Gasteiger partial charge is 0.493 e. The van der Waals surface area contributed by atoms with Gasteiger partial charge in [0.15, 0.2) is 18.1 Å². The summed E-state index contributed by atoms with van der Waals surface area (Å²) in [6, 6.07) is 12.0. The van der Waals surface area contributed by atoms with Gasteiger partial charge in [-0.05, 0) is 30.3 Å². The number of hydrogen-bond acceptors (Lipinski definition) is 7. The summed E-state index contributed by atoms with van der Waals surface area (Å²) in [5, 5.41) is 15.2. The Bertz CT molecular complexity index is 849. The van der Waals surface area contributed by atoms with E-state index in [1.165, 1.54) is 27.5 Å². The van der Waals surface area contributed by atoms with Gasteiger partial charge in [-0.3, -0.25) is 4.79 Å². The lowest BCUT2D eigenvalue weighted by atomic mass is 10.2. The minimum atomic E-state index is -0.396. The van der Waals surface area contributed by atoms with E-state index in [1.807, 2.05) is 6.07 Å². The van der Waals surface area contributed by atoms with E-state index in [2.05, 4.69) is 10.5 Å². The lowest BCUT2D eigenvalue weighted by molar-refractivity contribution is -0.120. The molecule has 2 rings (SSSR count). The van der Waals surface area contributed by atoms with Crippen molar-refractivity contribution in [1.82, 2.24) is 0 Å². The summed E-state index contributed by atoms with van der Waals surface area (Å²) in [5.41, 5.74) is 1.61. The number of methoxy groups -OCH3 is 3. The summed E-state index contributed by atoms with van der Waals surface area (Å²) < 4.78 is 15.8. The third kappa shape index (κ3) is 5.37. The van der Waals surface area contributed by atoms with Crippen LogP contribution in [0.1, 0.15) is 11.1 Å². The highest BCUT2D eigenvalue weighted by Gasteiger charge is 2.12. The summed E-state index contributed by atoms with van der Waals surface area (Å²) in [5.74, 6) is 1.03. The van der Waals surface area contributed by atoms with Crippen molar-refractivity contribution in [2.24, 2.45) is 5.16 Å². The van der Waals surface area contributed by atoms with Gasteiger partial charge in [-0.25, -0.2) is 0 Å². The normalized spacial score (nSPS) is 10.1. The molecule has 0 saturated carbocycles. The second-order valence-corrected chi connectivity index (χ2v) is 5.21. The first kappa shape index (κ1) is 19.6. The van der Waals surface area contributed by atoms with Crippen molar-refractivity contribution in [3.8, 4) is 23.3 Å². The fourth-order valence-electron chi connectivity index (χ4n) is 2.23. The first-order valence-corrected chi connectivity index (χ1v) is 7.86. The molecule has 2 aromatic carbocycles. The third-order valence-corrected chi connectivity index (χ3v) is 3.43. The number of anilines is 1. The summed E-state index contributed by atoms with van der Waals surface area (Å²) in [4.78, 5) is 16.9. The smallest absolute Gasteiger partial charge is 0.265 e. The van der Waals surface area contributed by atoms with Gasteiger partial charge in [-0.15, -0.1) is 0 Å². The van der Waals surface area contributed by atoms with Gasteiger partial charge < -0.3 is 24.4 Å².